The Kier molecular flexibility index (Phi) is 73.9. The monoisotopic (exact) mass is 1210 g/mol. The van der Waals surface area contributed by atoms with Crippen molar-refractivity contribution in [1.82, 2.24) is 5.32 Å². The highest BCUT2D eigenvalue weighted by Crippen LogP contribution is 2.20. The van der Waals surface area contributed by atoms with Gasteiger partial charge in [0, 0.05) is 12.8 Å². The quantitative estimate of drug-likeness (QED) is 0.0320. The Morgan fingerprint density at radius 3 is 0.907 bits per heavy atom. The lowest BCUT2D eigenvalue weighted by Gasteiger charge is -2.20. The normalized spacial score (nSPS) is 12.7. The van der Waals surface area contributed by atoms with Gasteiger partial charge in [-0.3, -0.25) is 9.59 Å². The third kappa shape index (κ3) is 71.2. The number of amides is 1. The van der Waals surface area contributed by atoms with Crippen LogP contribution in [0.15, 0.2) is 36.5 Å². The molecule has 0 aliphatic heterocycles. The maximum atomic E-state index is 12.6. The number of esters is 1. The molecule has 2 atom stereocenters. The van der Waals surface area contributed by atoms with Gasteiger partial charge in [0.1, 0.15) is 0 Å². The lowest BCUT2D eigenvalue weighted by Crippen LogP contribution is -2.45. The number of hydrogen-bond donors (Lipinski definition) is 3. The zero-order valence-corrected chi connectivity index (χ0v) is 58.3. The molecule has 0 aromatic rings. The van der Waals surface area contributed by atoms with Gasteiger partial charge in [0.05, 0.1) is 25.4 Å². The standard InChI is InChI=1S/C80H153NO5/c1-3-5-7-9-11-13-15-17-19-21-23-24-25-30-33-37-40-44-48-52-56-60-64-68-72-78(83)77(76-82)81-79(84)73-69-65-61-57-53-49-45-41-38-34-31-28-26-27-29-32-35-39-43-47-51-55-59-63-67-71-75-86-80(85)74-70-66-62-58-54-50-46-42-36-22-20-18-16-14-12-10-8-6-4-2/h12,14,18,20,68,72,77-78,82-83H,3-11,13,15-17,19,21-67,69-71,73-76H2,1-2H3,(H,81,84)/b14-12-,20-18-,72-68+. The number of nitrogens with one attached hydrogen (secondary N) is 1. The van der Waals surface area contributed by atoms with Crippen molar-refractivity contribution in [2.24, 2.45) is 0 Å². The maximum Gasteiger partial charge on any atom is 0.305 e. The molecule has 0 rings (SSSR count). The molecule has 0 aliphatic rings. The fourth-order valence-corrected chi connectivity index (χ4v) is 12.4. The number of hydrogen-bond acceptors (Lipinski definition) is 5. The average molecular weight is 1210 g/mol. The second-order valence-electron chi connectivity index (χ2n) is 27.0. The Hall–Kier alpha value is -1.92. The molecule has 0 heterocycles. The van der Waals surface area contributed by atoms with Gasteiger partial charge in [-0.1, -0.05) is 397 Å². The maximum absolute atomic E-state index is 12.6. The Balaban J connectivity index is 3.37. The minimum absolute atomic E-state index is 0.0140. The van der Waals surface area contributed by atoms with E-state index in [1.54, 1.807) is 6.08 Å². The van der Waals surface area contributed by atoms with Gasteiger partial charge < -0.3 is 20.3 Å². The van der Waals surface area contributed by atoms with Gasteiger partial charge in [0.15, 0.2) is 0 Å². The van der Waals surface area contributed by atoms with Crippen molar-refractivity contribution in [3.8, 4) is 0 Å². The molecule has 3 N–H and O–H groups in total. The summed E-state index contributed by atoms with van der Waals surface area (Å²) in [4.78, 5) is 24.7. The first-order chi connectivity index (χ1) is 42.5. The molecule has 0 aromatic carbocycles. The van der Waals surface area contributed by atoms with Crippen LogP contribution in [0.4, 0.5) is 0 Å². The van der Waals surface area contributed by atoms with Gasteiger partial charge in [0.2, 0.25) is 5.91 Å². The molecule has 0 aromatic heterocycles. The van der Waals surface area contributed by atoms with Gasteiger partial charge in [-0.25, -0.2) is 0 Å². The zero-order valence-electron chi connectivity index (χ0n) is 58.3. The van der Waals surface area contributed by atoms with Crippen LogP contribution >= 0.6 is 0 Å². The van der Waals surface area contributed by atoms with Gasteiger partial charge in [-0.05, 0) is 64.2 Å². The van der Waals surface area contributed by atoms with Crippen molar-refractivity contribution in [1.29, 1.82) is 0 Å². The summed E-state index contributed by atoms with van der Waals surface area (Å²) in [5.41, 5.74) is 0. The van der Waals surface area contributed by atoms with Crippen LogP contribution in [0.25, 0.3) is 0 Å². The Morgan fingerprint density at radius 1 is 0.326 bits per heavy atom. The van der Waals surface area contributed by atoms with Crippen LogP contribution in [0, 0.1) is 0 Å². The van der Waals surface area contributed by atoms with Crippen molar-refractivity contribution in [3.05, 3.63) is 36.5 Å². The highest BCUT2D eigenvalue weighted by Gasteiger charge is 2.18. The number of aliphatic hydroxyl groups is 2. The summed E-state index contributed by atoms with van der Waals surface area (Å²) < 4.78 is 5.51. The molecular formula is C80H153NO5. The number of carbonyl (C=O) groups excluding carboxylic acids is 2. The van der Waals surface area contributed by atoms with E-state index in [2.05, 4.69) is 43.5 Å². The van der Waals surface area contributed by atoms with E-state index in [9.17, 15) is 19.8 Å². The van der Waals surface area contributed by atoms with E-state index in [0.717, 1.165) is 51.4 Å². The molecule has 1 amide bonds. The predicted octanol–water partition coefficient (Wildman–Crippen LogP) is 25.8. The molecule has 0 saturated carbocycles. The number of unbranched alkanes of at least 4 members (excludes halogenated alkanes) is 59. The first-order valence-electron chi connectivity index (χ1n) is 39.3. The van der Waals surface area contributed by atoms with E-state index in [0.29, 0.717) is 19.4 Å². The second kappa shape index (κ2) is 75.5. The number of ether oxygens (including phenoxy) is 1. The van der Waals surface area contributed by atoms with E-state index in [4.69, 9.17) is 4.74 Å². The SMILES string of the molecule is CCCCC/C=C\C/C=C\CCCCCCCCCCCC(=O)OCCCCCCCCCCCCCCCCCCCCCCCCCCCCC(=O)NC(CO)C(O)/C=C/CCCCCCCCCCCCCCCCCCCCCCCC. The summed E-state index contributed by atoms with van der Waals surface area (Å²) in [5, 5.41) is 23.3. The number of allylic oxidation sites excluding steroid dienone is 5. The second-order valence-corrected chi connectivity index (χ2v) is 27.0. The van der Waals surface area contributed by atoms with Crippen LogP contribution in [0.3, 0.4) is 0 Å². The molecule has 6 heteroatoms. The van der Waals surface area contributed by atoms with Crippen molar-refractivity contribution >= 4 is 11.9 Å². The number of carbonyl (C=O) groups is 2. The fraction of sp³-hybridized carbons (Fsp3) is 0.900. The largest absolute Gasteiger partial charge is 0.466 e. The smallest absolute Gasteiger partial charge is 0.305 e. The highest BCUT2D eigenvalue weighted by molar-refractivity contribution is 5.76. The molecule has 0 fully saturated rings. The van der Waals surface area contributed by atoms with Crippen molar-refractivity contribution < 1.29 is 24.5 Å². The highest BCUT2D eigenvalue weighted by atomic mass is 16.5. The Labute approximate surface area is 538 Å². The predicted molar refractivity (Wildman–Crippen MR) is 379 cm³/mol. The Morgan fingerprint density at radius 2 is 0.581 bits per heavy atom. The summed E-state index contributed by atoms with van der Waals surface area (Å²) >= 11 is 0. The summed E-state index contributed by atoms with van der Waals surface area (Å²) in [7, 11) is 0. The lowest BCUT2D eigenvalue weighted by atomic mass is 10.0. The van der Waals surface area contributed by atoms with Crippen LogP contribution in [-0.4, -0.2) is 47.4 Å². The molecule has 0 bridgehead atoms. The summed E-state index contributed by atoms with van der Waals surface area (Å²) in [6.07, 6.45) is 98.2. The third-order valence-electron chi connectivity index (χ3n) is 18.4. The van der Waals surface area contributed by atoms with E-state index in [1.807, 2.05) is 6.08 Å². The van der Waals surface area contributed by atoms with Gasteiger partial charge in [0.25, 0.3) is 0 Å². The Bertz CT molecular complexity index is 1390. The molecule has 6 nitrogen and oxygen atoms in total. The lowest BCUT2D eigenvalue weighted by molar-refractivity contribution is -0.143. The van der Waals surface area contributed by atoms with E-state index >= 15 is 0 Å². The average Bonchev–Trinajstić information content (AvgIpc) is 3.54. The van der Waals surface area contributed by atoms with Crippen LogP contribution in [0.2, 0.25) is 0 Å². The van der Waals surface area contributed by atoms with Crippen molar-refractivity contribution in [3.63, 3.8) is 0 Å². The molecule has 86 heavy (non-hydrogen) atoms. The molecule has 508 valence electrons. The van der Waals surface area contributed by atoms with E-state index in [-0.39, 0.29) is 18.5 Å². The molecule has 0 spiro atoms. The van der Waals surface area contributed by atoms with E-state index < -0.39 is 12.1 Å². The molecular weight excluding hydrogens is 1050 g/mol. The zero-order chi connectivity index (χ0) is 62.0. The van der Waals surface area contributed by atoms with Crippen LogP contribution < -0.4 is 5.32 Å². The summed E-state index contributed by atoms with van der Waals surface area (Å²) in [5.74, 6) is -0.0469. The first-order valence-corrected chi connectivity index (χ1v) is 39.3. The fourth-order valence-electron chi connectivity index (χ4n) is 12.4. The summed E-state index contributed by atoms with van der Waals surface area (Å²) in [6.45, 7) is 4.93. The van der Waals surface area contributed by atoms with Crippen molar-refractivity contribution in [2.45, 2.75) is 450 Å². The third-order valence-corrected chi connectivity index (χ3v) is 18.4. The van der Waals surface area contributed by atoms with Gasteiger partial charge in [-0.15, -0.1) is 0 Å². The van der Waals surface area contributed by atoms with Gasteiger partial charge >= 0.3 is 5.97 Å². The summed E-state index contributed by atoms with van der Waals surface area (Å²) in [6, 6.07) is -0.628. The van der Waals surface area contributed by atoms with Crippen LogP contribution in [0.5, 0.6) is 0 Å². The molecule has 0 radical (unpaired) electrons. The van der Waals surface area contributed by atoms with E-state index in [1.165, 1.54) is 360 Å². The molecule has 2 unspecified atom stereocenters. The minimum Gasteiger partial charge on any atom is -0.466 e. The molecule has 0 aliphatic carbocycles. The van der Waals surface area contributed by atoms with Crippen LogP contribution in [-0.2, 0) is 14.3 Å². The topological polar surface area (TPSA) is 95.9 Å². The van der Waals surface area contributed by atoms with Gasteiger partial charge in [-0.2, -0.15) is 0 Å². The first kappa shape index (κ1) is 84.1. The number of aliphatic hydroxyl groups excluding tert-OH is 2. The van der Waals surface area contributed by atoms with Crippen LogP contribution in [0.1, 0.15) is 438 Å². The minimum atomic E-state index is -0.845. The number of rotatable bonds is 74. The van der Waals surface area contributed by atoms with Crippen molar-refractivity contribution in [2.75, 3.05) is 13.2 Å². The molecule has 0 saturated heterocycles.